The zero-order valence-electron chi connectivity index (χ0n) is 11.6. The molecule has 2 atom stereocenters. The lowest BCUT2D eigenvalue weighted by Gasteiger charge is -2.26. The van der Waals surface area contributed by atoms with Crippen LogP contribution in [-0.4, -0.2) is 16.3 Å². The van der Waals surface area contributed by atoms with Gasteiger partial charge in [0.1, 0.15) is 0 Å². The van der Waals surface area contributed by atoms with Crippen LogP contribution in [0.25, 0.3) is 0 Å². The number of nitrogens with zero attached hydrogens (tertiary/aromatic N) is 2. The predicted molar refractivity (Wildman–Crippen MR) is 75.8 cm³/mol. The van der Waals surface area contributed by atoms with Crippen molar-refractivity contribution in [1.29, 1.82) is 0 Å². The first-order valence-corrected chi connectivity index (χ1v) is 7.51. The topological polar surface area (TPSA) is 29.9 Å². The molecule has 0 amide bonds. The Morgan fingerprint density at radius 3 is 2.78 bits per heavy atom. The van der Waals surface area contributed by atoms with Crippen LogP contribution in [0.15, 0.2) is 6.20 Å². The molecule has 1 aliphatic carbocycles. The van der Waals surface area contributed by atoms with Crippen LogP contribution in [0.4, 0.5) is 0 Å². The summed E-state index contributed by atoms with van der Waals surface area (Å²) in [4.78, 5) is 0. The molecule has 1 heterocycles. The van der Waals surface area contributed by atoms with Crippen molar-refractivity contribution in [2.45, 2.75) is 52.6 Å². The highest BCUT2D eigenvalue weighted by molar-refractivity contribution is 6.31. The van der Waals surface area contributed by atoms with Crippen molar-refractivity contribution in [1.82, 2.24) is 15.1 Å². The average Bonchev–Trinajstić information content (AvgIpc) is 3.13. The summed E-state index contributed by atoms with van der Waals surface area (Å²) in [7, 11) is 0. The molecular weight excluding hydrogens is 246 g/mol. The summed E-state index contributed by atoms with van der Waals surface area (Å²) in [6.45, 7) is 8.58. The maximum atomic E-state index is 6.36. The zero-order valence-corrected chi connectivity index (χ0v) is 12.4. The van der Waals surface area contributed by atoms with Crippen molar-refractivity contribution < 1.29 is 0 Å². The maximum Gasteiger partial charge on any atom is 0.0834 e. The molecule has 0 aromatic carbocycles. The third-order valence-corrected chi connectivity index (χ3v) is 4.17. The van der Waals surface area contributed by atoms with E-state index in [0.717, 1.165) is 30.5 Å². The second-order valence-electron chi connectivity index (χ2n) is 5.33. The number of aromatic nitrogens is 2. The maximum absolute atomic E-state index is 6.36. The molecule has 0 aliphatic heterocycles. The molecule has 2 unspecified atom stereocenters. The molecule has 102 valence electrons. The lowest BCUT2D eigenvalue weighted by molar-refractivity contribution is 0.333. The Labute approximate surface area is 115 Å². The van der Waals surface area contributed by atoms with E-state index in [9.17, 15) is 0 Å². The van der Waals surface area contributed by atoms with Crippen LogP contribution in [0.1, 0.15) is 51.8 Å². The Kier molecular flexibility index (Phi) is 4.68. The normalized spacial score (nSPS) is 18.9. The van der Waals surface area contributed by atoms with Gasteiger partial charge in [0.05, 0.1) is 23.0 Å². The quantitative estimate of drug-likeness (QED) is 0.819. The van der Waals surface area contributed by atoms with Crippen LogP contribution in [0.5, 0.6) is 0 Å². The summed E-state index contributed by atoms with van der Waals surface area (Å²) in [5.74, 6) is 1.49. The van der Waals surface area contributed by atoms with Gasteiger partial charge in [-0.1, -0.05) is 32.4 Å². The minimum absolute atomic E-state index is 0.337. The average molecular weight is 270 g/mol. The molecule has 0 bridgehead atoms. The number of hydrogen-bond donors (Lipinski definition) is 1. The smallest absolute Gasteiger partial charge is 0.0834 e. The molecule has 1 fully saturated rings. The minimum Gasteiger partial charge on any atom is -0.309 e. The van der Waals surface area contributed by atoms with E-state index in [0.29, 0.717) is 12.0 Å². The summed E-state index contributed by atoms with van der Waals surface area (Å²) in [5, 5.41) is 8.82. The van der Waals surface area contributed by atoms with Crippen LogP contribution >= 0.6 is 11.6 Å². The molecule has 1 aromatic heterocycles. The number of nitrogens with one attached hydrogen (secondary N) is 1. The van der Waals surface area contributed by atoms with Gasteiger partial charge in [0.2, 0.25) is 0 Å². The summed E-state index contributed by atoms with van der Waals surface area (Å²) in [6.07, 6.45) is 5.60. The van der Waals surface area contributed by atoms with Crippen LogP contribution in [0, 0.1) is 11.8 Å². The second kappa shape index (κ2) is 6.07. The third-order valence-electron chi connectivity index (χ3n) is 3.88. The molecule has 0 radical (unpaired) electrons. The van der Waals surface area contributed by atoms with E-state index in [2.05, 4.69) is 35.9 Å². The Morgan fingerprint density at radius 2 is 2.22 bits per heavy atom. The first-order chi connectivity index (χ1) is 8.69. The van der Waals surface area contributed by atoms with E-state index < -0.39 is 0 Å². The van der Waals surface area contributed by atoms with Crippen molar-refractivity contribution in [2.75, 3.05) is 6.54 Å². The van der Waals surface area contributed by atoms with E-state index in [1.54, 1.807) is 6.20 Å². The van der Waals surface area contributed by atoms with Gasteiger partial charge >= 0.3 is 0 Å². The molecule has 1 saturated carbocycles. The van der Waals surface area contributed by atoms with Gasteiger partial charge in [0, 0.05) is 6.54 Å². The van der Waals surface area contributed by atoms with Gasteiger partial charge in [0.25, 0.3) is 0 Å². The fourth-order valence-corrected chi connectivity index (χ4v) is 2.98. The van der Waals surface area contributed by atoms with Gasteiger partial charge in [-0.3, -0.25) is 4.68 Å². The number of rotatable bonds is 7. The van der Waals surface area contributed by atoms with Crippen molar-refractivity contribution in [3.63, 3.8) is 0 Å². The lowest BCUT2D eigenvalue weighted by Crippen LogP contribution is -2.30. The summed E-state index contributed by atoms with van der Waals surface area (Å²) < 4.78 is 2.08. The molecular formula is C14H24ClN3. The van der Waals surface area contributed by atoms with E-state index >= 15 is 0 Å². The molecule has 4 heteroatoms. The van der Waals surface area contributed by atoms with Crippen molar-refractivity contribution >= 4 is 11.6 Å². The molecule has 18 heavy (non-hydrogen) atoms. The number of hydrogen-bond acceptors (Lipinski definition) is 2. The molecule has 0 spiro atoms. The Hall–Kier alpha value is -0.540. The Balaban J connectivity index is 2.25. The van der Waals surface area contributed by atoms with Gasteiger partial charge in [-0.05, 0) is 37.6 Å². The third kappa shape index (κ3) is 2.89. The summed E-state index contributed by atoms with van der Waals surface area (Å²) in [6, 6.07) is 0.337. The minimum atomic E-state index is 0.337. The first kappa shape index (κ1) is 13.9. The van der Waals surface area contributed by atoms with Gasteiger partial charge in [-0.25, -0.2) is 0 Å². The van der Waals surface area contributed by atoms with Crippen LogP contribution in [-0.2, 0) is 6.54 Å². The number of halogens is 1. The van der Waals surface area contributed by atoms with Crippen LogP contribution in [0.2, 0.25) is 5.02 Å². The van der Waals surface area contributed by atoms with Gasteiger partial charge < -0.3 is 5.32 Å². The number of aryl methyl sites for hydroxylation is 1. The fraction of sp³-hybridized carbons (Fsp3) is 0.786. The molecule has 2 rings (SSSR count). The fourth-order valence-electron chi connectivity index (χ4n) is 2.72. The second-order valence-corrected chi connectivity index (χ2v) is 5.74. The van der Waals surface area contributed by atoms with Gasteiger partial charge in [-0.15, -0.1) is 0 Å². The van der Waals surface area contributed by atoms with Gasteiger partial charge in [0.15, 0.2) is 0 Å². The summed E-state index contributed by atoms with van der Waals surface area (Å²) >= 11 is 6.36. The van der Waals surface area contributed by atoms with Crippen molar-refractivity contribution in [2.24, 2.45) is 11.8 Å². The molecule has 1 aliphatic rings. The largest absolute Gasteiger partial charge is 0.309 e. The first-order valence-electron chi connectivity index (χ1n) is 7.13. The standard InChI is InChI=1S/C14H24ClN3/c1-4-8-18-14(12(15)9-17-18)13(16-5-2)10(3)11-6-7-11/h9-11,13,16H,4-8H2,1-3H3. The van der Waals surface area contributed by atoms with Crippen molar-refractivity contribution in [3.05, 3.63) is 16.9 Å². The Bertz CT molecular complexity index is 384. The van der Waals surface area contributed by atoms with E-state index in [1.165, 1.54) is 18.5 Å². The zero-order chi connectivity index (χ0) is 13.1. The SMILES string of the molecule is CCCn1ncc(Cl)c1C(NCC)C(C)C1CC1. The monoisotopic (exact) mass is 269 g/mol. The highest BCUT2D eigenvalue weighted by Gasteiger charge is 2.35. The van der Waals surface area contributed by atoms with E-state index in [4.69, 9.17) is 11.6 Å². The lowest BCUT2D eigenvalue weighted by atomic mass is 9.93. The van der Waals surface area contributed by atoms with Gasteiger partial charge in [-0.2, -0.15) is 5.10 Å². The highest BCUT2D eigenvalue weighted by Crippen LogP contribution is 2.43. The summed E-state index contributed by atoms with van der Waals surface area (Å²) in [5.41, 5.74) is 1.18. The van der Waals surface area contributed by atoms with E-state index in [1.807, 2.05) is 0 Å². The van der Waals surface area contributed by atoms with Crippen LogP contribution < -0.4 is 5.32 Å². The molecule has 1 N–H and O–H groups in total. The van der Waals surface area contributed by atoms with Crippen molar-refractivity contribution in [3.8, 4) is 0 Å². The van der Waals surface area contributed by atoms with Crippen LogP contribution in [0.3, 0.4) is 0 Å². The predicted octanol–water partition coefficient (Wildman–Crippen LogP) is 3.64. The van der Waals surface area contributed by atoms with E-state index in [-0.39, 0.29) is 0 Å². The molecule has 1 aromatic rings. The molecule has 3 nitrogen and oxygen atoms in total. The highest BCUT2D eigenvalue weighted by atomic mass is 35.5. The molecule has 0 saturated heterocycles. The Morgan fingerprint density at radius 1 is 1.50 bits per heavy atom.